The van der Waals surface area contributed by atoms with Crippen LogP contribution in [-0.2, 0) is 19.6 Å². The van der Waals surface area contributed by atoms with Gasteiger partial charge in [-0.3, -0.25) is 9.59 Å². The first-order valence-electron chi connectivity index (χ1n) is 4.94. The smallest absolute Gasteiger partial charge is 0.303 e. The number of sulfonamides is 1. The van der Waals surface area contributed by atoms with E-state index in [1.54, 1.807) is 0 Å². The van der Waals surface area contributed by atoms with Crippen molar-refractivity contribution < 1.29 is 23.1 Å². The van der Waals surface area contributed by atoms with Crippen molar-refractivity contribution in [3.05, 3.63) is 24.3 Å². The van der Waals surface area contributed by atoms with Gasteiger partial charge in [-0.2, -0.15) is 0 Å². The molecule has 0 aliphatic rings. The van der Waals surface area contributed by atoms with E-state index in [9.17, 15) is 18.0 Å². The lowest BCUT2D eigenvalue weighted by molar-refractivity contribution is -0.138. The van der Waals surface area contributed by atoms with Crippen molar-refractivity contribution in [3.8, 4) is 0 Å². The Morgan fingerprint density at radius 2 is 1.83 bits per heavy atom. The fourth-order valence-corrected chi connectivity index (χ4v) is 1.95. The Labute approximate surface area is 104 Å². The number of amides is 1. The molecule has 0 radical (unpaired) electrons. The van der Waals surface area contributed by atoms with Crippen molar-refractivity contribution in [2.75, 3.05) is 5.32 Å². The van der Waals surface area contributed by atoms with E-state index in [1.807, 2.05) is 0 Å². The maximum absolute atomic E-state index is 11.4. The van der Waals surface area contributed by atoms with Crippen LogP contribution in [-0.4, -0.2) is 25.4 Å². The molecule has 1 rings (SSSR count). The van der Waals surface area contributed by atoms with Gasteiger partial charge in [-0.25, -0.2) is 13.6 Å². The summed E-state index contributed by atoms with van der Waals surface area (Å²) >= 11 is 0. The zero-order chi connectivity index (χ0) is 13.8. The Balaban J connectivity index is 2.85. The van der Waals surface area contributed by atoms with Crippen LogP contribution < -0.4 is 10.5 Å². The molecule has 4 N–H and O–H groups in total. The van der Waals surface area contributed by atoms with Gasteiger partial charge in [0.1, 0.15) is 4.90 Å². The highest BCUT2D eigenvalue weighted by atomic mass is 32.2. The molecule has 8 heteroatoms. The molecule has 0 spiro atoms. The maximum Gasteiger partial charge on any atom is 0.303 e. The Kier molecular flexibility index (Phi) is 4.40. The maximum atomic E-state index is 11.4. The lowest BCUT2D eigenvalue weighted by Gasteiger charge is -2.08. The summed E-state index contributed by atoms with van der Waals surface area (Å²) in [7, 11) is -3.94. The summed E-state index contributed by atoms with van der Waals surface area (Å²) in [6.45, 7) is 0. The van der Waals surface area contributed by atoms with E-state index in [0.29, 0.717) is 0 Å². The number of rotatable bonds is 5. The minimum absolute atomic E-state index is 0.0374. The number of aliphatic carboxylic acids is 1. The average Bonchev–Trinajstić information content (AvgIpc) is 2.25. The van der Waals surface area contributed by atoms with Crippen LogP contribution in [0.5, 0.6) is 0 Å². The predicted molar refractivity (Wildman–Crippen MR) is 63.3 cm³/mol. The first-order valence-corrected chi connectivity index (χ1v) is 6.49. The van der Waals surface area contributed by atoms with Crippen molar-refractivity contribution in [1.29, 1.82) is 0 Å². The second-order valence-corrected chi connectivity index (χ2v) is 5.01. The molecule has 0 fully saturated rings. The molecule has 0 saturated heterocycles. The Morgan fingerprint density at radius 1 is 1.22 bits per heavy atom. The molecular weight excluding hydrogens is 260 g/mol. The highest BCUT2D eigenvalue weighted by Crippen LogP contribution is 2.19. The summed E-state index contributed by atoms with van der Waals surface area (Å²) in [5.74, 6) is -1.70. The summed E-state index contributed by atoms with van der Waals surface area (Å²) in [5, 5.41) is 15.7. The molecule has 0 aliphatic carbocycles. The van der Waals surface area contributed by atoms with Crippen LogP contribution in [0.3, 0.4) is 0 Å². The van der Waals surface area contributed by atoms with E-state index >= 15 is 0 Å². The standard InChI is InChI=1S/C10H12N2O5S/c11-18(16,17)8-4-2-1-3-7(8)12-9(13)5-6-10(14)15/h1-4H,5-6H2,(H,12,13)(H,14,15)(H2,11,16,17). The first kappa shape index (κ1) is 14.1. The number of carbonyl (C=O) groups excluding carboxylic acids is 1. The van der Waals surface area contributed by atoms with Gasteiger partial charge in [0, 0.05) is 6.42 Å². The molecule has 1 aromatic carbocycles. The van der Waals surface area contributed by atoms with Crippen LogP contribution in [0.1, 0.15) is 12.8 Å². The largest absolute Gasteiger partial charge is 0.481 e. The summed E-state index contributed by atoms with van der Waals surface area (Å²) in [6, 6.07) is 5.62. The highest BCUT2D eigenvalue weighted by molar-refractivity contribution is 7.89. The normalized spacial score (nSPS) is 10.9. The van der Waals surface area contributed by atoms with Crippen molar-refractivity contribution in [1.82, 2.24) is 0 Å². The van der Waals surface area contributed by atoms with Crippen LogP contribution in [0, 0.1) is 0 Å². The molecule has 0 bridgehead atoms. The number of hydrogen-bond donors (Lipinski definition) is 3. The zero-order valence-electron chi connectivity index (χ0n) is 9.29. The van der Waals surface area contributed by atoms with Gasteiger partial charge in [0.05, 0.1) is 12.1 Å². The number of nitrogens with two attached hydrogens (primary N) is 1. The van der Waals surface area contributed by atoms with Crippen LogP contribution in [0.15, 0.2) is 29.2 Å². The van der Waals surface area contributed by atoms with Crippen LogP contribution >= 0.6 is 0 Å². The van der Waals surface area contributed by atoms with Gasteiger partial charge in [0.25, 0.3) is 0 Å². The molecule has 0 aromatic heterocycles. The lowest BCUT2D eigenvalue weighted by Crippen LogP contribution is -2.18. The van der Waals surface area contributed by atoms with Crippen LogP contribution in [0.2, 0.25) is 0 Å². The van der Waals surface area contributed by atoms with Gasteiger partial charge in [-0.1, -0.05) is 12.1 Å². The summed E-state index contributed by atoms with van der Waals surface area (Å²) < 4.78 is 22.5. The van der Waals surface area contributed by atoms with Gasteiger partial charge in [0.2, 0.25) is 15.9 Å². The summed E-state index contributed by atoms with van der Waals surface area (Å²) in [4.78, 5) is 21.5. The molecular formula is C10H12N2O5S. The molecule has 7 nitrogen and oxygen atoms in total. The van der Waals surface area contributed by atoms with Gasteiger partial charge in [0.15, 0.2) is 0 Å². The van der Waals surface area contributed by atoms with E-state index < -0.39 is 21.9 Å². The highest BCUT2D eigenvalue weighted by Gasteiger charge is 2.15. The fourth-order valence-electron chi connectivity index (χ4n) is 1.25. The second-order valence-electron chi connectivity index (χ2n) is 3.48. The Morgan fingerprint density at radius 3 is 2.39 bits per heavy atom. The van der Waals surface area contributed by atoms with Crippen LogP contribution in [0.25, 0.3) is 0 Å². The predicted octanol–water partition coefficient (Wildman–Crippen LogP) is 0.137. The number of carboxylic acid groups (broad SMARTS) is 1. The van der Waals surface area contributed by atoms with Gasteiger partial charge >= 0.3 is 5.97 Å². The second kappa shape index (κ2) is 5.61. The zero-order valence-corrected chi connectivity index (χ0v) is 10.1. The van der Waals surface area contributed by atoms with E-state index in [1.165, 1.54) is 24.3 Å². The fraction of sp³-hybridized carbons (Fsp3) is 0.200. The van der Waals surface area contributed by atoms with Crippen LogP contribution in [0.4, 0.5) is 5.69 Å². The lowest BCUT2D eigenvalue weighted by atomic mass is 10.2. The minimum atomic E-state index is -3.94. The minimum Gasteiger partial charge on any atom is -0.481 e. The molecule has 1 amide bonds. The number of para-hydroxylation sites is 1. The molecule has 0 atom stereocenters. The van der Waals surface area contributed by atoms with Gasteiger partial charge in [-0.15, -0.1) is 0 Å². The number of nitrogens with one attached hydrogen (secondary N) is 1. The van der Waals surface area contributed by atoms with Crippen molar-refractivity contribution in [3.63, 3.8) is 0 Å². The van der Waals surface area contributed by atoms with Gasteiger partial charge in [-0.05, 0) is 12.1 Å². The molecule has 1 aromatic rings. The Bertz CT molecular complexity index is 567. The number of benzene rings is 1. The number of hydrogen-bond acceptors (Lipinski definition) is 4. The summed E-state index contributed by atoms with van der Waals surface area (Å²) in [6.07, 6.45) is -0.572. The molecule has 0 heterocycles. The number of carboxylic acids is 1. The van der Waals surface area contributed by atoms with Crippen molar-refractivity contribution >= 4 is 27.6 Å². The molecule has 98 valence electrons. The molecule has 0 saturated carbocycles. The van der Waals surface area contributed by atoms with E-state index in [0.717, 1.165) is 0 Å². The topological polar surface area (TPSA) is 127 Å². The Hall–Kier alpha value is -1.93. The monoisotopic (exact) mass is 272 g/mol. The third-order valence-electron chi connectivity index (χ3n) is 2.03. The average molecular weight is 272 g/mol. The summed E-state index contributed by atoms with van der Waals surface area (Å²) in [5.41, 5.74) is 0.0374. The number of anilines is 1. The van der Waals surface area contributed by atoms with Crippen molar-refractivity contribution in [2.45, 2.75) is 17.7 Å². The number of primary sulfonamides is 1. The number of carbonyl (C=O) groups is 2. The first-order chi connectivity index (χ1) is 8.30. The molecule has 18 heavy (non-hydrogen) atoms. The van der Waals surface area contributed by atoms with Crippen molar-refractivity contribution in [2.24, 2.45) is 5.14 Å². The quantitative estimate of drug-likeness (QED) is 0.702. The molecule has 0 unspecified atom stereocenters. The van der Waals surface area contributed by atoms with Gasteiger partial charge < -0.3 is 10.4 Å². The van der Waals surface area contributed by atoms with E-state index in [-0.39, 0.29) is 23.4 Å². The third kappa shape index (κ3) is 4.15. The van der Waals surface area contributed by atoms with E-state index in [2.05, 4.69) is 5.32 Å². The molecule has 0 aliphatic heterocycles. The van der Waals surface area contributed by atoms with E-state index in [4.69, 9.17) is 10.2 Å². The third-order valence-corrected chi connectivity index (χ3v) is 3.00. The SMILES string of the molecule is NS(=O)(=O)c1ccccc1NC(=O)CCC(=O)O.